The van der Waals surface area contributed by atoms with Crippen LogP contribution in [0, 0.1) is 11.8 Å². The van der Waals surface area contributed by atoms with Gasteiger partial charge in [-0.2, -0.15) is 0 Å². The molecule has 1 aliphatic carbocycles. The van der Waals surface area contributed by atoms with Crippen molar-refractivity contribution in [3.63, 3.8) is 0 Å². The highest BCUT2D eigenvalue weighted by molar-refractivity contribution is 6.16. The molecule has 0 spiro atoms. The van der Waals surface area contributed by atoms with Gasteiger partial charge in [0.1, 0.15) is 5.82 Å². The third kappa shape index (κ3) is 2.51. The van der Waals surface area contributed by atoms with Crippen LogP contribution in [-0.2, 0) is 12.4 Å². The Balaban J connectivity index is 1.94. The molecule has 3 rings (SSSR count). The second-order valence-corrected chi connectivity index (χ2v) is 6.05. The molecule has 2 nitrogen and oxygen atoms in total. The van der Waals surface area contributed by atoms with Gasteiger partial charge in [-0.25, -0.2) is 4.98 Å². The third-order valence-electron chi connectivity index (χ3n) is 4.56. The monoisotopic (exact) mass is 276 g/mol. The summed E-state index contributed by atoms with van der Waals surface area (Å²) in [6.45, 7) is 3.47. The summed E-state index contributed by atoms with van der Waals surface area (Å²) < 4.78 is 2.34. The molecular formula is C16H21ClN2. The van der Waals surface area contributed by atoms with Crippen molar-refractivity contribution in [2.45, 2.75) is 45.0 Å². The van der Waals surface area contributed by atoms with Gasteiger partial charge in [0, 0.05) is 6.54 Å². The van der Waals surface area contributed by atoms with Crippen LogP contribution in [0.25, 0.3) is 11.0 Å². The lowest BCUT2D eigenvalue weighted by atomic mass is 9.80. The number of nitrogens with zero attached hydrogens (tertiary/aromatic N) is 2. The molecule has 1 saturated carbocycles. The summed E-state index contributed by atoms with van der Waals surface area (Å²) in [5.41, 5.74) is 2.30. The number of benzene rings is 1. The van der Waals surface area contributed by atoms with Gasteiger partial charge in [0.2, 0.25) is 0 Å². The largest absolute Gasteiger partial charge is 0.327 e. The van der Waals surface area contributed by atoms with Crippen molar-refractivity contribution in [2.75, 3.05) is 0 Å². The van der Waals surface area contributed by atoms with Gasteiger partial charge in [-0.15, -0.1) is 11.6 Å². The van der Waals surface area contributed by atoms with Crippen molar-refractivity contribution in [3.05, 3.63) is 30.1 Å². The van der Waals surface area contributed by atoms with Gasteiger partial charge in [-0.1, -0.05) is 38.3 Å². The maximum atomic E-state index is 6.07. The minimum absolute atomic E-state index is 0.496. The van der Waals surface area contributed by atoms with E-state index < -0.39 is 0 Å². The molecule has 1 aromatic carbocycles. The number of halogens is 1. The fourth-order valence-electron chi connectivity index (χ4n) is 3.33. The zero-order valence-corrected chi connectivity index (χ0v) is 12.2. The first-order chi connectivity index (χ1) is 9.29. The molecule has 19 heavy (non-hydrogen) atoms. The number of para-hydroxylation sites is 2. The average Bonchev–Trinajstić information content (AvgIpc) is 2.79. The van der Waals surface area contributed by atoms with E-state index >= 15 is 0 Å². The maximum absolute atomic E-state index is 6.07. The summed E-state index contributed by atoms with van der Waals surface area (Å²) in [5.74, 6) is 3.10. The van der Waals surface area contributed by atoms with E-state index in [-0.39, 0.29) is 0 Å². The Morgan fingerprint density at radius 2 is 2.05 bits per heavy atom. The zero-order valence-electron chi connectivity index (χ0n) is 11.5. The van der Waals surface area contributed by atoms with Crippen LogP contribution < -0.4 is 0 Å². The molecule has 3 heteroatoms. The van der Waals surface area contributed by atoms with Crippen molar-refractivity contribution in [1.29, 1.82) is 0 Å². The van der Waals surface area contributed by atoms with Crippen LogP contribution in [0.3, 0.4) is 0 Å². The molecule has 0 bridgehead atoms. The third-order valence-corrected chi connectivity index (χ3v) is 4.80. The summed E-state index contributed by atoms with van der Waals surface area (Å²) in [7, 11) is 0. The van der Waals surface area contributed by atoms with E-state index in [1.165, 1.54) is 31.2 Å². The summed E-state index contributed by atoms with van der Waals surface area (Å²) in [6.07, 6.45) is 5.48. The topological polar surface area (TPSA) is 17.8 Å². The maximum Gasteiger partial charge on any atom is 0.124 e. The number of hydrogen-bond donors (Lipinski definition) is 0. The zero-order chi connectivity index (χ0) is 13.2. The first-order valence-corrected chi connectivity index (χ1v) is 7.83. The normalized spacial score (nSPS) is 23.9. The summed E-state index contributed by atoms with van der Waals surface area (Å²) in [4.78, 5) is 4.65. The number of alkyl halides is 1. The van der Waals surface area contributed by atoms with Crippen molar-refractivity contribution in [3.8, 4) is 0 Å². The molecule has 102 valence electrons. The van der Waals surface area contributed by atoms with Crippen molar-refractivity contribution < 1.29 is 0 Å². The molecular weight excluding hydrogens is 256 g/mol. The van der Waals surface area contributed by atoms with E-state index in [1.54, 1.807) is 0 Å². The van der Waals surface area contributed by atoms with Gasteiger partial charge in [-0.05, 0) is 30.4 Å². The van der Waals surface area contributed by atoms with Gasteiger partial charge in [0.25, 0.3) is 0 Å². The highest BCUT2D eigenvalue weighted by Crippen LogP contribution is 2.32. The molecule has 1 aromatic heterocycles. The molecule has 0 radical (unpaired) electrons. The van der Waals surface area contributed by atoms with Gasteiger partial charge in [0.05, 0.1) is 16.9 Å². The Morgan fingerprint density at radius 1 is 1.26 bits per heavy atom. The second kappa shape index (κ2) is 5.54. The number of rotatable bonds is 3. The highest BCUT2D eigenvalue weighted by Gasteiger charge is 2.23. The Bertz CT molecular complexity index is 561. The molecule has 0 amide bonds. The summed E-state index contributed by atoms with van der Waals surface area (Å²) >= 11 is 6.07. The fourth-order valence-corrected chi connectivity index (χ4v) is 3.53. The molecule has 1 aliphatic rings. The van der Waals surface area contributed by atoms with Crippen LogP contribution in [0.15, 0.2) is 24.3 Å². The molecule has 2 unspecified atom stereocenters. The minimum Gasteiger partial charge on any atom is -0.327 e. The molecule has 0 saturated heterocycles. The van der Waals surface area contributed by atoms with Crippen molar-refractivity contribution in [1.82, 2.24) is 9.55 Å². The lowest BCUT2D eigenvalue weighted by Gasteiger charge is -2.29. The van der Waals surface area contributed by atoms with E-state index in [0.29, 0.717) is 5.88 Å². The lowest BCUT2D eigenvalue weighted by Crippen LogP contribution is -2.22. The molecule has 2 atom stereocenters. The summed E-state index contributed by atoms with van der Waals surface area (Å²) in [5, 5.41) is 0. The molecule has 2 aromatic rings. The van der Waals surface area contributed by atoms with Gasteiger partial charge < -0.3 is 4.57 Å². The number of imidazole rings is 1. The predicted molar refractivity (Wildman–Crippen MR) is 80.4 cm³/mol. The average molecular weight is 277 g/mol. The van der Waals surface area contributed by atoms with E-state index in [4.69, 9.17) is 11.6 Å². The Labute approximate surface area is 119 Å². The van der Waals surface area contributed by atoms with Crippen LogP contribution in [-0.4, -0.2) is 9.55 Å². The van der Waals surface area contributed by atoms with E-state index in [1.807, 2.05) is 6.07 Å². The van der Waals surface area contributed by atoms with Crippen LogP contribution in [0.1, 0.15) is 38.4 Å². The van der Waals surface area contributed by atoms with Crippen LogP contribution >= 0.6 is 11.6 Å². The molecule has 0 aliphatic heterocycles. The van der Waals surface area contributed by atoms with Crippen molar-refractivity contribution in [2.24, 2.45) is 11.8 Å². The van der Waals surface area contributed by atoms with Gasteiger partial charge in [-0.3, -0.25) is 0 Å². The number of hydrogen-bond acceptors (Lipinski definition) is 1. The number of aromatic nitrogens is 2. The minimum atomic E-state index is 0.496. The van der Waals surface area contributed by atoms with Gasteiger partial charge in [0.15, 0.2) is 0 Å². The molecule has 0 N–H and O–H groups in total. The Morgan fingerprint density at radius 3 is 2.84 bits per heavy atom. The van der Waals surface area contributed by atoms with Crippen LogP contribution in [0.2, 0.25) is 0 Å². The predicted octanol–water partition coefficient (Wildman–Crippen LogP) is 4.60. The van der Waals surface area contributed by atoms with Crippen LogP contribution in [0.5, 0.6) is 0 Å². The highest BCUT2D eigenvalue weighted by atomic mass is 35.5. The molecule has 1 heterocycles. The lowest BCUT2D eigenvalue weighted by molar-refractivity contribution is 0.229. The first kappa shape index (κ1) is 13.0. The molecule has 1 fully saturated rings. The summed E-state index contributed by atoms with van der Waals surface area (Å²) in [6, 6.07) is 8.36. The standard InChI is InChI=1S/C16H21ClN2/c1-12-6-2-3-7-13(12)11-19-15-9-5-4-8-14(15)18-16(19)10-17/h4-5,8-9,12-13H,2-3,6-7,10-11H2,1H3. The smallest absolute Gasteiger partial charge is 0.124 e. The number of fused-ring (bicyclic) bond motifs is 1. The van der Waals surface area contributed by atoms with E-state index in [0.717, 1.165) is 29.7 Å². The second-order valence-electron chi connectivity index (χ2n) is 5.78. The van der Waals surface area contributed by atoms with E-state index in [9.17, 15) is 0 Å². The van der Waals surface area contributed by atoms with E-state index in [2.05, 4.69) is 34.7 Å². The van der Waals surface area contributed by atoms with Gasteiger partial charge >= 0.3 is 0 Å². The van der Waals surface area contributed by atoms with Crippen LogP contribution in [0.4, 0.5) is 0 Å². The fraction of sp³-hybridized carbons (Fsp3) is 0.562. The first-order valence-electron chi connectivity index (χ1n) is 7.29. The van der Waals surface area contributed by atoms with Crippen molar-refractivity contribution >= 4 is 22.6 Å². The SMILES string of the molecule is CC1CCCCC1Cn1c(CCl)nc2ccccc21. The quantitative estimate of drug-likeness (QED) is 0.749. The Kier molecular flexibility index (Phi) is 3.79. The Hall–Kier alpha value is -1.02.